The zero-order valence-corrected chi connectivity index (χ0v) is 24.2. The number of carbonyl (C=O) groups is 2. The second-order valence-corrected chi connectivity index (χ2v) is 10.0. The van der Waals surface area contributed by atoms with Crippen molar-refractivity contribution >= 4 is 11.9 Å². The third-order valence-electron chi connectivity index (χ3n) is 6.95. The van der Waals surface area contributed by atoms with Crippen LogP contribution in [0.1, 0.15) is 73.4 Å². The van der Waals surface area contributed by atoms with E-state index in [1.54, 1.807) is 12.4 Å². The molecule has 2 aromatic carbocycles. The quantitative estimate of drug-likeness (QED) is 0.187. The molecule has 0 fully saturated rings. The van der Waals surface area contributed by atoms with Crippen molar-refractivity contribution in [2.24, 2.45) is 11.5 Å². The van der Waals surface area contributed by atoms with Gasteiger partial charge in [0.15, 0.2) is 0 Å². The summed E-state index contributed by atoms with van der Waals surface area (Å²) in [4.78, 5) is 30.9. The molecule has 0 radical (unpaired) electrons. The number of esters is 1. The minimum Gasteiger partial charge on any atom is -0.481 e. The number of aliphatic carboxylic acids is 1. The number of carboxylic acids is 1. The number of aromatic nitrogens is 2. The maximum Gasteiger partial charge on any atom is 0.307 e. The average Bonchev–Trinajstić information content (AvgIpc) is 2.94. The van der Waals surface area contributed by atoms with Gasteiger partial charge in [-0.15, -0.1) is 0 Å². The summed E-state index contributed by atoms with van der Waals surface area (Å²) >= 11 is 0. The molecule has 4 rings (SSSR count). The highest BCUT2D eigenvalue weighted by atomic mass is 16.5. The molecule has 2 atom stereocenters. The first-order valence-corrected chi connectivity index (χ1v) is 13.4. The summed E-state index contributed by atoms with van der Waals surface area (Å²) in [5, 5.41) is 8.83. The third-order valence-corrected chi connectivity index (χ3v) is 6.95. The predicted octanol–water partition coefficient (Wildman–Crippen LogP) is 7.04. The summed E-state index contributed by atoms with van der Waals surface area (Å²) in [6.07, 6.45) is 3.43. The molecule has 0 spiro atoms. The minimum atomic E-state index is -0.907. The number of hydrogen-bond acceptors (Lipinski definition) is 7. The molecule has 5 N–H and O–H groups in total. The fraction of sp³-hybridized carbons (Fsp3) is 0.314. The lowest BCUT2D eigenvalue weighted by Crippen LogP contribution is -2.16. The van der Waals surface area contributed by atoms with Crippen LogP contribution in [0.5, 0.6) is 0 Å². The van der Waals surface area contributed by atoms with Gasteiger partial charge in [0.2, 0.25) is 0 Å². The lowest BCUT2D eigenvalue weighted by Gasteiger charge is -2.14. The first kappa shape index (κ1) is 36.6. The SMILES string of the molecule is C.C.COC(=O)CC(N)c1cnc(C)c(-c2ccccc2C)c1.Cc1ccccc1-c1cc(C(N)CC(=O)O)cnc1C. The summed E-state index contributed by atoms with van der Waals surface area (Å²) in [7, 11) is 1.36. The van der Waals surface area contributed by atoms with E-state index in [1.165, 1.54) is 12.7 Å². The van der Waals surface area contributed by atoms with Crippen LogP contribution in [0.15, 0.2) is 73.1 Å². The zero-order chi connectivity index (χ0) is 30.1. The fourth-order valence-corrected chi connectivity index (χ4v) is 4.49. The van der Waals surface area contributed by atoms with Crippen molar-refractivity contribution in [3.05, 3.63) is 107 Å². The Morgan fingerprint density at radius 2 is 1.12 bits per heavy atom. The van der Waals surface area contributed by atoms with Crippen LogP contribution in [-0.4, -0.2) is 34.1 Å². The number of carbonyl (C=O) groups excluding carboxylic acids is 1. The molecule has 230 valence electrons. The van der Waals surface area contributed by atoms with Gasteiger partial charge in [-0.25, -0.2) is 0 Å². The Bertz CT molecular complexity index is 1520. The Labute approximate surface area is 256 Å². The van der Waals surface area contributed by atoms with Crippen LogP contribution in [-0.2, 0) is 14.3 Å². The van der Waals surface area contributed by atoms with Crippen LogP contribution >= 0.6 is 0 Å². The maximum atomic E-state index is 11.3. The van der Waals surface area contributed by atoms with E-state index in [1.807, 2.05) is 69.3 Å². The van der Waals surface area contributed by atoms with E-state index >= 15 is 0 Å². The van der Waals surface area contributed by atoms with Gasteiger partial charge in [0.25, 0.3) is 0 Å². The summed E-state index contributed by atoms with van der Waals surface area (Å²) < 4.78 is 4.66. The number of methoxy groups -OCH3 is 1. The number of ether oxygens (including phenoxy) is 1. The molecule has 0 saturated carbocycles. The molecule has 8 heteroatoms. The predicted molar refractivity (Wildman–Crippen MR) is 174 cm³/mol. The molecule has 0 aliphatic heterocycles. The standard InChI is InChI=1S/C17H20N2O2.C16H18N2O2.2CH4/c1-11-6-4-5-7-14(11)15-8-13(10-19-12(15)2)16(18)9-17(20)21-3;1-10-5-3-4-6-13(10)14-7-12(9-18-11(14)2)15(17)8-16(19)20;;/h4-8,10,16H,9,18H2,1-3H3;3-7,9,15H,8,17H2,1-2H3,(H,19,20);2*1H4. The molecular weight excluding hydrogens is 540 g/mol. The Hall–Kier alpha value is -4.40. The number of pyridine rings is 2. The van der Waals surface area contributed by atoms with Crippen molar-refractivity contribution in [2.45, 2.75) is 67.5 Å². The Morgan fingerprint density at radius 3 is 1.49 bits per heavy atom. The smallest absolute Gasteiger partial charge is 0.307 e. The third kappa shape index (κ3) is 9.84. The van der Waals surface area contributed by atoms with Crippen molar-refractivity contribution < 1.29 is 19.4 Å². The molecular formula is C35H46N4O4. The van der Waals surface area contributed by atoms with Gasteiger partial charge in [-0.2, -0.15) is 0 Å². The first-order chi connectivity index (χ1) is 19.5. The maximum absolute atomic E-state index is 11.3. The van der Waals surface area contributed by atoms with E-state index in [0.29, 0.717) is 0 Å². The van der Waals surface area contributed by atoms with E-state index in [9.17, 15) is 9.59 Å². The zero-order valence-electron chi connectivity index (χ0n) is 24.2. The van der Waals surface area contributed by atoms with Crippen LogP contribution in [0.2, 0.25) is 0 Å². The lowest BCUT2D eigenvalue weighted by molar-refractivity contribution is -0.141. The molecule has 2 heterocycles. The van der Waals surface area contributed by atoms with Gasteiger partial charge in [0, 0.05) is 47.0 Å². The summed E-state index contributed by atoms with van der Waals surface area (Å²) in [5.41, 5.74) is 22.0. The second kappa shape index (κ2) is 16.9. The Kier molecular flexibility index (Phi) is 14.4. The molecule has 0 amide bonds. The molecule has 0 saturated heterocycles. The van der Waals surface area contributed by atoms with Gasteiger partial charge in [-0.3, -0.25) is 19.6 Å². The highest BCUT2D eigenvalue weighted by Crippen LogP contribution is 2.29. The number of rotatable bonds is 8. The highest BCUT2D eigenvalue weighted by molar-refractivity contribution is 5.72. The van der Waals surface area contributed by atoms with E-state index in [0.717, 1.165) is 50.3 Å². The van der Waals surface area contributed by atoms with Crippen LogP contribution in [0.3, 0.4) is 0 Å². The monoisotopic (exact) mass is 586 g/mol. The number of benzene rings is 2. The molecule has 0 bridgehead atoms. The summed E-state index contributed by atoms with van der Waals surface area (Å²) in [6.45, 7) is 8.01. The molecule has 8 nitrogen and oxygen atoms in total. The van der Waals surface area contributed by atoms with Gasteiger partial charge in [0.05, 0.1) is 20.0 Å². The topological polar surface area (TPSA) is 141 Å². The summed E-state index contributed by atoms with van der Waals surface area (Å²) in [5.74, 6) is -1.23. The Balaban J connectivity index is 0.000000411. The lowest BCUT2D eigenvalue weighted by atomic mass is 9.96. The Morgan fingerprint density at radius 1 is 0.721 bits per heavy atom. The molecule has 43 heavy (non-hydrogen) atoms. The molecule has 0 aliphatic carbocycles. The van der Waals surface area contributed by atoms with E-state index in [2.05, 4.69) is 33.8 Å². The van der Waals surface area contributed by atoms with Crippen molar-refractivity contribution in [1.82, 2.24) is 9.97 Å². The van der Waals surface area contributed by atoms with Gasteiger partial charge < -0.3 is 21.3 Å². The largest absolute Gasteiger partial charge is 0.481 e. The van der Waals surface area contributed by atoms with Crippen molar-refractivity contribution in [2.75, 3.05) is 7.11 Å². The number of nitrogens with two attached hydrogens (primary N) is 2. The molecule has 4 aromatic rings. The normalized spacial score (nSPS) is 11.5. The van der Waals surface area contributed by atoms with Crippen LogP contribution in [0.4, 0.5) is 0 Å². The first-order valence-electron chi connectivity index (χ1n) is 13.4. The van der Waals surface area contributed by atoms with Gasteiger partial charge in [-0.1, -0.05) is 63.4 Å². The average molecular weight is 587 g/mol. The second-order valence-electron chi connectivity index (χ2n) is 10.0. The fourth-order valence-electron chi connectivity index (χ4n) is 4.49. The number of aryl methyl sites for hydroxylation is 4. The van der Waals surface area contributed by atoms with Crippen LogP contribution < -0.4 is 11.5 Å². The number of nitrogens with zero attached hydrogens (tertiary/aromatic N) is 2. The molecule has 0 aliphatic rings. The van der Waals surface area contributed by atoms with Gasteiger partial charge in [0.1, 0.15) is 0 Å². The molecule has 2 aromatic heterocycles. The van der Waals surface area contributed by atoms with E-state index < -0.39 is 18.1 Å². The van der Waals surface area contributed by atoms with Crippen LogP contribution in [0.25, 0.3) is 22.3 Å². The molecule has 2 unspecified atom stereocenters. The van der Waals surface area contributed by atoms with Gasteiger partial charge in [-0.05, 0) is 73.2 Å². The van der Waals surface area contributed by atoms with Crippen molar-refractivity contribution in [1.29, 1.82) is 0 Å². The minimum absolute atomic E-state index is 0. The van der Waals surface area contributed by atoms with Crippen molar-refractivity contribution in [3.8, 4) is 22.3 Å². The van der Waals surface area contributed by atoms with Gasteiger partial charge >= 0.3 is 11.9 Å². The van der Waals surface area contributed by atoms with Crippen LogP contribution in [0, 0.1) is 27.7 Å². The highest BCUT2D eigenvalue weighted by Gasteiger charge is 2.16. The van der Waals surface area contributed by atoms with Crippen molar-refractivity contribution in [3.63, 3.8) is 0 Å². The van der Waals surface area contributed by atoms with E-state index in [4.69, 9.17) is 16.6 Å². The number of carboxylic acid groups (broad SMARTS) is 1. The summed E-state index contributed by atoms with van der Waals surface area (Å²) in [6, 6.07) is 19.2. The number of hydrogen-bond donors (Lipinski definition) is 3. The van der Waals surface area contributed by atoms with E-state index in [-0.39, 0.29) is 33.7 Å².